The molecule has 1 aromatic rings. The number of nitrogens with one attached hydrogen (secondary N) is 1. The van der Waals surface area contributed by atoms with E-state index in [0.717, 1.165) is 15.6 Å². The van der Waals surface area contributed by atoms with E-state index in [-0.39, 0.29) is 11.3 Å². The normalized spacial score (nSPS) is 23.4. The summed E-state index contributed by atoms with van der Waals surface area (Å²) in [6, 6.07) is 8.11. The quantitative estimate of drug-likeness (QED) is 0.740. The molecule has 110 valence electrons. The van der Waals surface area contributed by atoms with Gasteiger partial charge in [-0.25, -0.2) is 0 Å². The summed E-state index contributed by atoms with van der Waals surface area (Å²) in [7, 11) is 0. The molecular formula is C17H24INO. The number of carbonyl (C=O) groups is 1. The Bertz CT molecular complexity index is 478. The third-order valence-corrected chi connectivity index (χ3v) is 4.95. The minimum Gasteiger partial charge on any atom is -0.349 e. The summed E-state index contributed by atoms with van der Waals surface area (Å²) < 4.78 is 1.10. The molecule has 0 aliphatic heterocycles. The number of hydrogen-bond acceptors (Lipinski definition) is 1. The highest BCUT2D eigenvalue weighted by Crippen LogP contribution is 2.38. The van der Waals surface area contributed by atoms with Crippen LogP contribution in [-0.4, -0.2) is 11.9 Å². The van der Waals surface area contributed by atoms with E-state index in [1.54, 1.807) is 0 Å². The number of carbonyl (C=O) groups excluding carboxylic acids is 1. The van der Waals surface area contributed by atoms with E-state index in [9.17, 15) is 4.79 Å². The molecule has 0 heterocycles. The summed E-state index contributed by atoms with van der Waals surface area (Å²) >= 11 is 2.25. The Labute approximate surface area is 135 Å². The summed E-state index contributed by atoms with van der Waals surface area (Å²) in [4.78, 5) is 12.4. The summed E-state index contributed by atoms with van der Waals surface area (Å²) in [6.45, 7) is 6.86. The van der Waals surface area contributed by atoms with Gasteiger partial charge in [0.05, 0.1) is 0 Å². The van der Waals surface area contributed by atoms with Crippen molar-refractivity contribution in [1.29, 1.82) is 0 Å². The number of rotatable bonds is 2. The molecule has 1 aromatic carbocycles. The maximum Gasteiger partial charge on any atom is 0.251 e. The third kappa shape index (κ3) is 3.96. The molecular weight excluding hydrogens is 361 g/mol. The van der Waals surface area contributed by atoms with Gasteiger partial charge in [-0.15, -0.1) is 0 Å². The molecule has 0 saturated heterocycles. The minimum atomic E-state index is 0.0738. The monoisotopic (exact) mass is 385 g/mol. The van der Waals surface area contributed by atoms with E-state index in [1.165, 1.54) is 19.3 Å². The van der Waals surface area contributed by atoms with Crippen LogP contribution < -0.4 is 5.32 Å². The molecule has 1 N–H and O–H groups in total. The fourth-order valence-electron chi connectivity index (χ4n) is 3.22. The Kier molecular flexibility index (Phi) is 5.10. The summed E-state index contributed by atoms with van der Waals surface area (Å²) in [5, 5.41) is 3.28. The van der Waals surface area contributed by atoms with E-state index in [4.69, 9.17) is 0 Å². The van der Waals surface area contributed by atoms with Gasteiger partial charge in [-0.05, 0) is 65.0 Å². The van der Waals surface area contributed by atoms with E-state index in [0.29, 0.717) is 12.0 Å². The maximum absolute atomic E-state index is 12.4. The van der Waals surface area contributed by atoms with E-state index in [1.807, 2.05) is 24.3 Å². The van der Waals surface area contributed by atoms with Gasteiger partial charge in [-0.2, -0.15) is 0 Å². The van der Waals surface area contributed by atoms with Gasteiger partial charge in [0, 0.05) is 15.2 Å². The average molecular weight is 385 g/mol. The second-order valence-electron chi connectivity index (χ2n) is 6.85. The topological polar surface area (TPSA) is 29.1 Å². The average Bonchev–Trinajstić information content (AvgIpc) is 2.38. The molecule has 1 fully saturated rings. The molecule has 20 heavy (non-hydrogen) atoms. The summed E-state index contributed by atoms with van der Waals surface area (Å²) in [5.74, 6) is 0.646. The second kappa shape index (κ2) is 6.46. The summed E-state index contributed by atoms with van der Waals surface area (Å²) in [5.41, 5.74) is 1.03. The van der Waals surface area contributed by atoms with E-state index < -0.39 is 0 Å². The first kappa shape index (κ1) is 15.8. The molecule has 2 unspecified atom stereocenters. The van der Waals surface area contributed by atoms with Gasteiger partial charge in [-0.3, -0.25) is 4.79 Å². The highest BCUT2D eigenvalue weighted by molar-refractivity contribution is 14.1. The first-order valence-electron chi connectivity index (χ1n) is 7.44. The van der Waals surface area contributed by atoms with Crippen molar-refractivity contribution in [1.82, 2.24) is 5.32 Å². The lowest BCUT2D eigenvalue weighted by atomic mass is 9.69. The van der Waals surface area contributed by atoms with Gasteiger partial charge in [0.1, 0.15) is 0 Å². The highest BCUT2D eigenvalue weighted by atomic mass is 127. The number of halogens is 1. The lowest BCUT2D eigenvalue weighted by molar-refractivity contribution is 0.0830. The van der Waals surface area contributed by atoms with Gasteiger partial charge in [0.15, 0.2) is 0 Å². The number of benzene rings is 1. The highest BCUT2D eigenvalue weighted by Gasteiger charge is 2.34. The molecule has 3 heteroatoms. The molecule has 2 atom stereocenters. The fraction of sp³-hybridized carbons (Fsp3) is 0.588. The van der Waals surface area contributed by atoms with E-state index in [2.05, 4.69) is 48.7 Å². The predicted molar refractivity (Wildman–Crippen MR) is 91.8 cm³/mol. The second-order valence-corrected chi connectivity index (χ2v) is 8.09. The standard InChI is InChI=1S/C17H24INO/c1-17(2,3)14-9-4-5-10-15(14)19-16(20)12-7-6-8-13(18)11-12/h6-8,11,14-15H,4-5,9-10H2,1-3H3,(H,19,20). The SMILES string of the molecule is CC(C)(C)C1CCCCC1NC(=O)c1cccc(I)c1. The Hall–Kier alpha value is -0.580. The van der Waals surface area contributed by atoms with Crippen molar-refractivity contribution in [2.24, 2.45) is 11.3 Å². The van der Waals surface area contributed by atoms with Crippen molar-refractivity contribution in [3.05, 3.63) is 33.4 Å². The van der Waals surface area contributed by atoms with Crippen molar-refractivity contribution >= 4 is 28.5 Å². The first-order valence-corrected chi connectivity index (χ1v) is 8.52. The van der Waals surface area contributed by atoms with Crippen molar-refractivity contribution in [2.75, 3.05) is 0 Å². The molecule has 1 amide bonds. The van der Waals surface area contributed by atoms with Crippen molar-refractivity contribution < 1.29 is 4.79 Å². The van der Waals surface area contributed by atoms with Gasteiger partial charge >= 0.3 is 0 Å². The fourth-order valence-corrected chi connectivity index (χ4v) is 3.76. The maximum atomic E-state index is 12.4. The zero-order chi connectivity index (χ0) is 14.8. The van der Waals surface area contributed by atoms with Crippen LogP contribution in [0.15, 0.2) is 24.3 Å². The minimum absolute atomic E-state index is 0.0738. The zero-order valence-corrected chi connectivity index (χ0v) is 14.7. The molecule has 2 nitrogen and oxygen atoms in total. The molecule has 2 rings (SSSR count). The van der Waals surface area contributed by atoms with Crippen LogP contribution in [0.5, 0.6) is 0 Å². The molecule has 1 saturated carbocycles. The van der Waals surface area contributed by atoms with Crippen LogP contribution in [0, 0.1) is 14.9 Å². The number of amides is 1. The van der Waals surface area contributed by atoms with Gasteiger partial charge in [0.25, 0.3) is 5.91 Å². The Morgan fingerprint density at radius 2 is 1.95 bits per heavy atom. The van der Waals surface area contributed by atoms with Crippen molar-refractivity contribution in [3.63, 3.8) is 0 Å². The van der Waals surface area contributed by atoms with Crippen LogP contribution >= 0.6 is 22.6 Å². The van der Waals surface area contributed by atoms with Crippen LogP contribution in [0.3, 0.4) is 0 Å². The van der Waals surface area contributed by atoms with Crippen LogP contribution in [0.25, 0.3) is 0 Å². The zero-order valence-electron chi connectivity index (χ0n) is 12.6. The molecule has 0 radical (unpaired) electrons. The molecule has 1 aliphatic rings. The van der Waals surface area contributed by atoms with Gasteiger partial charge < -0.3 is 5.32 Å². The molecule has 0 aromatic heterocycles. The molecule has 0 spiro atoms. The van der Waals surface area contributed by atoms with Crippen LogP contribution in [0.4, 0.5) is 0 Å². The predicted octanol–water partition coefficient (Wildman–Crippen LogP) is 4.63. The Morgan fingerprint density at radius 1 is 1.25 bits per heavy atom. The Morgan fingerprint density at radius 3 is 2.60 bits per heavy atom. The lowest BCUT2D eigenvalue weighted by Crippen LogP contribution is -2.46. The lowest BCUT2D eigenvalue weighted by Gasteiger charge is -2.40. The van der Waals surface area contributed by atoms with Crippen LogP contribution in [0.1, 0.15) is 56.8 Å². The smallest absolute Gasteiger partial charge is 0.251 e. The van der Waals surface area contributed by atoms with Crippen LogP contribution in [0.2, 0.25) is 0 Å². The molecule has 0 bridgehead atoms. The first-order chi connectivity index (χ1) is 9.38. The third-order valence-electron chi connectivity index (χ3n) is 4.28. The molecule has 1 aliphatic carbocycles. The van der Waals surface area contributed by atoms with Gasteiger partial charge in [-0.1, -0.05) is 39.7 Å². The van der Waals surface area contributed by atoms with E-state index >= 15 is 0 Å². The van der Waals surface area contributed by atoms with Crippen molar-refractivity contribution in [2.45, 2.75) is 52.5 Å². The Balaban J connectivity index is 2.09. The number of hydrogen-bond donors (Lipinski definition) is 1. The van der Waals surface area contributed by atoms with Crippen molar-refractivity contribution in [3.8, 4) is 0 Å². The van der Waals surface area contributed by atoms with Crippen LogP contribution in [-0.2, 0) is 0 Å². The summed E-state index contributed by atoms with van der Waals surface area (Å²) in [6.07, 6.45) is 4.85. The largest absolute Gasteiger partial charge is 0.349 e. The van der Waals surface area contributed by atoms with Gasteiger partial charge in [0.2, 0.25) is 0 Å².